The predicted molar refractivity (Wildman–Crippen MR) is 74.7 cm³/mol. The molecule has 0 unspecified atom stereocenters. The fourth-order valence-corrected chi connectivity index (χ4v) is 1.99. The molecule has 1 N–H and O–H groups in total. The zero-order chi connectivity index (χ0) is 16.3. The van der Waals surface area contributed by atoms with E-state index in [1.807, 2.05) is 18.5 Å². The zero-order valence-corrected chi connectivity index (χ0v) is 12.2. The van der Waals surface area contributed by atoms with Gasteiger partial charge in [-0.3, -0.25) is 4.79 Å². The summed E-state index contributed by atoms with van der Waals surface area (Å²) in [7, 11) is 1.88. The van der Waals surface area contributed by atoms with Gasteiger partial charge >= 0.3 is 6.18 Å². The van der Waals surface area contributed by atoms with E-state index in [9.17, 15) is 18.0 Å². The van der Waals surface area contributed by atoms with Gasteiger partial charge in [0.25, 0.3) is 5.91 Å². The normalized spacial score (nSPS) is 11.9. The average Bonchev–Trinajstić information content (AvgIpc) is 2.72. The van der Waals surface area contributed by atoms with E-state index in [1.54, 1.807) is 18.2 Å². The van der Waals surface area contributed by atoms with Gasteiger partial charge in [-0.15, -0.1) is 0 Å². The molecule has 1 aromatic heterocycles. The number of carbonyl (C=O) groups is 1. The summed E-state index contributed by atoms with van der Waals surface area (Å²) in [6.45, 7) is 0.351. The Hall–Kier alpha value is -2.09. The molecule has 0 saturated heterocycles. The SMILES string of the molecule is Cc1nc2cc(C(=O)NCCOCC(F)(F)F)ccc2n1C. The van der Waals surface area contributed by atoms with E-state index in [-0.39, 0.29) is 19.1 Å². The molecule has 1 heterocycles. The number of fused-ring (bicyclic) bond motifs is 1. The maximum Gasteiger partial charge on any atom is 0.411 e. The molecule has 1 aromatic carbocycles. The molecule has 2 rings (SSSR count). The Labute approximate surface area is 125 Å². The second-order valence-electron chi connectivity index (χ2n) is 4.85. The number of aromatic nitrogens is 2. The molecule has 0 bridgehead atoms. The molecular weight excluding hydrogens is 299 g/mol. The lowest BCUT2D eigenvalue weighted by Gasteiger charge is -2.08. The number of halogens is 3. The first-order chi connectivity index (χ1) is 10.3. The standard InChI is InChI=1S/C14H16F3N3O2/c1-9-19-11-7-10(3-4-12(11)20(9)2)13(21)18-5-6-22-8-14(15,16)17/h3-4,7H,5-6,8H2,1-2H3,(H,18,21). The van der Waals surface area contributed by atoms with Gasteiger partial charge in [-0.25, -0.2) is 4.98 Å². The molecule has 22 heavy (non-hydrogen) atoms. The number of amides is 1. The molecule has 1 amide bonds. The van der Waals surface area contributed by atoms with Crippen molar-refractivity contribution in [3.8, 4) is 0 Å². The maximum atomic E-state index is 11.9. The van der Waals surface area contributed by atoms with Crippen LogP contribution in [0.25, 0.3) is 11.0 Å². The molecule has 2 aromatic rings. The number of imidazole rings is 1. The molecule has 0 radical (unpaired) electrons. The summed E-state index contributed by atoms with van der Waals surface area (Å²) >= 11 is 0. The van der Waals surface area contributed by atoms with Crippen molar-refractivity contribution < 1.29 is 22.7 Å². The van der Waals surface area contributed by atoms with Crippen molar-refractivity contribution in [1.29, 1.82) is 0 Å². The van der Waals surface area contributed by atoms with Gasteiger partial charge in [-0.2, -0.15) is 13.2 Å². The molecule has 0 fully saturated rings. The fourth-order valence-electron chi connectivity index (χ4n) is 1.99. The second-order valence-corrected chi connectivity index (χ2v) is 4.85. The molecule has 0 aliphatic carbocycles. The smallest absolute Gasteiger partial charge is 0.370 e. The number of nitrogens with zero attached hydrogens (tertiary/aromatic N) is 2. The third-order valence-corrected chi connectivity index (χ3v) is 3.16. The van der Waals surface area contributed by atoms with Crippen LogP contribution in [0.4, 0.5) is 13.2 Å². The quantitative estimate of drug-likeness (QED) is 0.861. The summed E-state index contributed by atoms with van der Waals surface area (Å²) in [6.07, 6.45) is -4.36. The minimum atomic E-state index is -4.36. The summed E-state index contributed by atoms with van der Waals surface area (Å²) in [4.78, 5) is 16.2. The molecule has 8 heteroatoms. The number of nitrogens with one attached hydrogen (secondary N) is 1. The van der Waals surface area contributed by atoms with Gasteiger partial charge in [0.1, 0.15) is 12.4 Å². The largest absolute Gasteiger partial charge is 0.411 e. The van der Waals surface area contributed by atoms with Crippen LogP contribution >= 0.6 is 0 Å². The molecule has 5 nitrogen and oxygen atoms in total. The first-order valence-electron chi connectivity index (χ1n) is 6.64. The third-order valence-electron chi connectivity index (χ3n) is 3.16. The topological polar surface area (TPSA) is 56.1 Å². The Balaban J connectivity index is 1.90. The monoisotopic (exact) mass is 315 g/mol. The van der Waals surface area contributed by atoms with Gasteiger partial charge in [-0.1, -0.05) is 0 Å². The Bertz CT molecular complexity index is 680. The molecule has 120 valence electrons. The number of hydrogen-bond donors (Lipinski definition) is 1. The maximum absolute atomic E-state index is 11.9. The summed E-state index contributed by atoms with van der Waals surface area (Å²) in [5.41, 5.74) is 2.00. The van der Waals surface area contributed by atoms with Crippen LogP contribution in [0.5, 0.6) is 0 Å². The van der Waals surface area contributed by atoms with Gasteiger partial charge < -0.3 is 14.6 Å². The lowest BCUT2D eigenvalue weighted by atomic mass is 10.2. The number of benzene rings is 1. The number of alkyl halides is 3. The van der Waals surface area contributed by atoms with Crippen molar-refractivity contribution in [1.82, 2.24) is 14.9 Å². The van der Waals surface area contributed by atoms with Crippen molar-refractivity contribution in [2.24, 2.45) is 7.05 Å². The molecular formula is C14H16F3N3O2. The Morgan fingerprint density at radius 2 is 2.14 bits per heavy atom. The van der Waals surface area contributed by atoms with E-state index >= 15 is 0 Å². The minimum absolute atomic E-state index is 0.00813. The van der Waals surface area contributed by atoms with Crippen LogP contribution in [0.2, 0.25) is 0 Å². The molecule has 0 aliphatic heterocycles. The molecule has 0 aliphatic rings. The first-order valence-corrected chi connectivity index (χ1v) is 6.64. The number of hydrogen-bond acceptors (Lipinski definition) is 3. The molecule has 0 saturated carbocycles. The fraction of sp³-hybridized carbons (Fsp3) is 0.429. The highest BCUT2D eigenvalue weighted by Crippen LogP contribution is 2.16. The minimum Gasteiger partial charge on any atom is -0.370 e. The van der Waals surface area contributed by atoms with Gasteiger partial charge in [0.15, 0.2) is 0 Å². The highest BCUT2D eigenvalue weighted by atomic mass is 19.4. The van der Waals surface area contributed by atoms with Crippen LogP contribution < -0.4 is 5.32 Å². The number of ether oxygens (including phenoxy) is 1. The second kappa shape index (κ2) is 6.35. The molecule has 0 atom stereocenters. The van der Waals surface area contributed by atoms with E-state index in [1.165, 1.54) is 0 Å². The zero-order valence-electron chi connectivity index (χ0n) is 12.2. The van der Waals surface area contributed by atoms with Crippen LogP contribution in [0.3, 0.4) is 0 Å². The van der Waals surface area contributed by atoms with Gasteiger partial charge in [0.2, 0.25) is 0 Å². The van der Waals surface area contributed by atoms with Crippen molar-refractivity contribution >= 4 is 16.9 Å². The number of carbonyl (C=O) groups excluding carboxylic acids is 1. The lowest BCUT2D eigenvalue weighted by molar-refractivity contribution is -0.173. The molecule has 0 spiro atoms. The van der Waals surface area contributed by atoms with Crippen LogP contribution in [-0.2, 0) is 11.8 Å². The Morgan fingerprint density at radius 3 is 2.82 bits per heavy atom. The van der Waals surface area contributed by atoms with Crippen molar-refractivity contribution in [2.75, 3.05) is 19.8 Å². The lowest BCUT2D eigenvalue weighted by Crippen LogP contribution is -2.28. The van der Waals surface area contributed by atoms with Crippen LogP contribution in [0.15, 0.2) is 18.2 Å². The van der Waals surface area contributed by atoms with E-state index in [4.69, 9.17) is 0 Å². The summed E-state index contributed by atoms with van der Waals surface area (Å²) in [5, 5.41) is 2.51. The summed E-state index contributed by atoms with van der Waals surface area (Å²) in [5.74, 6) is 0.453. The van der Waals surface area contributed by atoms with E-state index < -0.39 is 12.8 Å². The first kappa shape index (κ1) is 16.3. The van der Waals surface area contributed by atoms with Crippen LogP contribution in [0, 0.1) is 6.92 Å². The Morgan fingerprint density at radius 1 is 1.41 bits per heavy atom. The summed E-state index contributed by atoms with van der Waals surface area (Å²) in [6, 6.07) is 5.08. The van der Waals surface area contributed by atoms with Crippen molar-refractivity contribution in [3.05, 3.63) is 29.6 Å². The van der Waals surface area contributed by atoms with Crippen molar-refractivity contribution in [2.45, 2.75) is 13.1 Å². The van der Waals surface area contributed by atoms with Crippen LogP contribution in [0.1, 0.15) is 16.2 Å². The Kier molecular flexibility index (Phi) is 4.70. The van der Waals surface area contributed by atoms with Gasteiger partial charge in [0.05, 0.1) is 17.6 Å². The van der Waals surface area contributed by atoms with E-state index in [2.05, 4.69) is 15.0 Å². The van der Waals surface area contributed by atoms with Crippen molar-refractivity contribution in [3.63, 3.8) is 0 Å². The highest BCUT2D eigenvalue weighted by Gasteiger charge is 2.27. The van der Waals surface area contributed by atoms with E-state index in [0.717, 1.165) is 11.3 Å². The highest BCUT2D eigenvalue weighted by molar-refractivity contribution is 5.97. The predicted octanol–water partition coefficient (Wildman–Crippen LogP) is 2.19. The third kappa shape index (κ3) is 3.97. The van der Waals surface area contributed by atoms with Crippen LogP contribution in [-0.4, -0.2) is 41.4 Å². The van der Waals surface area contributed by atoms with Gasteiger partial charge in [0, 0.05) is 19.2 Å². The average molecular weight is 315 g/mol. The van der Waals surface area contributed by atoms with Gasteiger partial charge in [-0.05, 0) is 25.1 Å². The number of rotatable bonds is 5. The number of aryl methyl sites for hydroxylation is 2. The summed E-state index contributed by atoms with van der Waals surface area (Å²) < 4.78 is 41.9. The van der Waals surface area contributed by atoms with E-state index in [0.29, 0.717) is 11.1 Å².